The van der Waals surface area contributed by atoms with Gasteiger partial charge in [0.2, 0.25) is 0 Å². The summed E-state index contributed by atoms with van der Waals surface area (Å²) < 4.78 is 0. The van der Waals surface area contributed by atoms with Gasteiger partial charge in [-0.2, -0.15) is 0 Å². The molecule has 0 aliphatic heterocycles. The average Bonchev–Trinajstić information content (AvgIpc) is 2.17. The van der Waals surface area contributed by atoms with E-state index in [2.05, 4.69) is 38.8 Å². The van der Waals surface area contributed by atoms with E-state index in [1.807, 2.05) is 18.2 Å². The van der Waals surface area contributed by atoms with Crippen molar-refractivity contribution in [2.75, 3.05) is 0 Å². The number of hydrogen-bond acceptors (Lipinski definition) is 0. The topological polar surface area (TPSA) is 0 Å². The fourth-order valence-electron chi connectivity index (χ4n) is 2.43. The average molecular weight is 214 g/mol. The van der Waals surface area contributed by atoms with Gasteiger partial charge in [-0.15, -0.1) is 19.7 Å². The van der Waals surface area contributed by atoms with Gasteiger partial charge in [-0.1, -0.05) is 42.9 Å². The van der Waals surface area contributed by atoms with Gasteiger partial charge in [0.1, 0.15) is 0 Å². The lowest BCUT2D eigenvalue weighted by atomic mass is 9.74. The molecular formula is C16H22. The minimum absolute atomic E-state index is 0.229. The second-order valence-electron chi connectivity index (χ2n) is 4.83. The van der Waals surface area contributed by atoms with Crippen LogP contribution < -0.4 is 0 Å². The van der Waals surface area contributed by atoms with Crippen molar-refractivity contribution >= 4 is 0 Å². The van der Waals surface area contributed by atoms with Crippen LogP contribution in [0.2, 0.25) is 0 Å². The molecule has 1 atom stereocenters. The predicted octanol–water partition coefficient (Wildman–Crippen LogP) is 4.98. The smallest absolute Gasteiger partial charge is 0.00689 e. The Morgan fingerprint density at radius 2 is 1.88 bits per heavy atom. The molecule has 0 N–H and O–H groups in total. The minimum Gasteiger partial charge on any atom is -0.103 e. The number of hydrogen-bond donors (Lipinski definition) is 0. The Balaban J connectivity index is 2.93. The summed E-state index contributed by atoms with van der Waals surface area (Å²) in [6.45, 7) is 13.8. The molecule has 1 aliphatic rings. The highest BCUT2D eigenvalue weighted by Crippen LogP contribution is 2.39. The summed E-state index contributed by atoms with van der Waals surface area (Å²) in [6, 6.07) is 0. The highest BCUT2D eigenvalue weighted by molar-refractivity contribution is 5.34. The predicted molar refractivity (Wildman–Crippen MR) is 73.3 cm³/mol. The van der Waals surface area contributed by atoms with Gasteiger partial charge >= 0.3 is 0 Å². The van der Waals surface area contributed by atoms with Crippen molar-refractivity contribution in [2.45, 2.75) is 32.6 Å². The molecule has 0 spiro atoms. The Kier molecular flexibility index (Phi) is 4.54. The second kappa shape index (κ2) is 5.69. The second-order valence-corrected chi connectivity index (χ2v) is 4.83. The van der Waals surface area contributed by atoms with Gasteiger partial charge in [0, 0.05) is 0 Å². The van der Waals surface area contributed by atoms with E-state index in [0.717, 1.165) is 25.7 Å². The summed E-state index contributed by atoms with van der Waals surface area (Å²) in [5.41, 5.74) is 3.08. The lowest BCUT2D eigenvalue weighted by Gasteiger charge is -2.30. The van der Waals surface area contributed by atoms with Crippen molar-refractivity contribution in [1.82, 2.24) is 0 Å². The Labute approximate surface area is 99.8 Å². The largest absolute Gasteiger partial charge is 0.103 e. The molecule has 0 saturated carbocycles. The highest BCUT2D eigenvalue weighted by atomic mass is 14.3. The Morgan fingerprint density at radius 3 is 2.44 bits per heavy atom. The van der Waals surface area contributed by atoms with Crippen LogP contribution >= 0.6 is 0 Å². The Bertz CT molecular complexity index is 341. The third-order valence-electron chi connectivity index (χ3n) is 2.95. The molecule has 1 rings (SSSR count). The van der Waals surface area contributed by atoms with Crippen LogP contribution in [0.3, 0.4) is 0 Å². The normalized spacial score (nSPS) is 24.3. The lowest BCUT2D eigenvalue weighted by Crippen LogP contribution is -2.17. The maximum absolute atomic E-state index is 3.85. The number of allylic oxidation sites excluding steroid dienone is 7. The molecular weight excluding hydrogens is 192 g/mol. The van der Waals surface area contributed by atoms with Crippen LogP contribution in [0.15, 0.2) is 61.3 Å². The summed E-state index contributed by atoms with van der Waals surface area (Å²) in [6.07, 6.45) is 14.7. The first-order chi connectivity index (χ1) is 7.63. The molecule has 0 aromatic carbocycles. The van der Waals surface area contributed by atoms with Gasteiger partial charge in [-0.05, 0) is 36.7 Å². The maximum Gasteiger partial charge on any atom is -0.00689 e. The maximum atomic E-state index is 3.85. The molecule has 0 aromatic rings. The van der Waals surface area contributed by atoms with Gasteiger partial charge < -0.3 is 0 Å². The van der Waals surface area contributed by atoms with Crippen LogP contribution in [-0.4, -0.2) is 0 Å². The van der Waals surface area contributed by atoms with Crippen molar-refractivity contribution in [3.05, 3.63) is 61.3 Å². The lowest BCUT2D eigenvalue weighted by molar-refractivity contribution is 0.418. The first-order valence-corrected chi connectivity index (χ1v) is 5.87. The molecule has 86 valence electrons. The van der Waals surface area contributed by atoms with E-state index < -0.39 is 0 Å². The molecule has 0 nitrogen and oxygen atoms in total. The van der Waals surface area contributed by atoms with Crippen LogP contribution in [0.25, 0.3) is 0 Å². The summed E-state index contributed by atoms with van der Waals surface area (Å²) in [4.78, 5) is 0. The molecule has 0 heteroatoms. The quantitative estimate of drug-likeness (QED) is 0.547. The molecule has 0 radical (unpaired) electrons. The zero-order valence-corrected chi connectivity index (χ0v) is 10.3. The molecule has 0 fully saturated rings. The van der Waals surface area contributed by atoms with E-state index in [9.17, 15) is 0 Å². The van der Waals surface area contributed by atoms with Crippen molar-refractivity contribution in [1.29, 1.82) is 0 Å². The monoisotopic (exact) mass is 214 g/mol. The van der Waals surface area contributed by atoms with Gasteiger partial charge in [-0.25, -0.2) is 0 Å². The highest BCUT2D eigenvalue weighted by Gasteiger charge is 2.24. The SMILES string of the molecule is C=CCC1=CC(C)(CC=C)CC(CC=C)=C1. The minimum atomic E-state index is 0.229. The Hall–Kier alpha value is -1.30. The van der Waals surface area contributed by atoms with Crippen molar-refractivity contribution in [3.8, 4) is 0 Å². The molecule has 16 heavy (non-hydrogen) atoms. The molecule has 0 bridgehead atoms. The van der Waals surface area contributed by atoms with E-state index in [1.165, 1.54) is 11.1 Å². The van der Waals surface area contributed by atoms with Gasteiger partial charge in [-0.3, -0.25) is 0 Å². The van der Waals surface area contributed by atoms with Crippen LogP contribution in [0, 0.1) is 5.41 Å². The van der Waals surface area contributed by atoms with Crippen LogP contribution in [0.4, 0.5) is 0 Å². The van der Waals surface area contributed by atoms with Crippen LogP contribution in [0.5, 0.6) is 0 Å². The zero-order valence-electron chi connectivity index (χ0n) is 10.3. The third-order valence-corrected chi connectivity index (χ3v) is 2.95. The first kappa shape index (κ1) is 12.8. The van der Waals surface area contributed by atoms with Gasteiger partial charge in [0.25, 0.3) is 0 Å². The fourth-order valence-corrected chi connectivity index (χ4v) is 2.43. The van der Waals surface area contributed by atoms with Crippen molar-refractivity contribution in [2.24, 2.45) is 5.41 Å². The summed E-state index contributed by atoms with van der Waals surface area (Å²) in [5, 5.41) is 0. The Morgan fingerprint density at radius 1 is 1.19 bits per heavy atom. The molecule has 0 saturated heterocycles. The number of rotatable bonds is 6. The van der Waals surface area contributed by atoms with Crippen LogP contribution in [0.1, 0.15) is 32.6 Å². The molecule has 1 aliphatic carbocycles. The van der Waals surface area contributed by atoms with E-state index in [4.69, 9.17) is 0 Å². The molecule has 1 unspecified atom stereocenters. The summed E-state index contributed by atoms with van der Waals surface area (Å²) in [7, 11) is 0. The molecule has 0 aromatic heterocycles. The first-order valence-electron chi connectivity index (χ1n) is 5.87. The van der Waals surface area contributed by atoms with E-state index in [0.29, 0.717) is 0 Å². The summed E-state index contributed by atoms with van der Waals surface area (Å²) >= 11 is 0. The van der Waals surface area contributed by atoms with Crippen molar-refractivity contribution in [3.63, 3.8) is 0 Å². The molecule has 0 amide bonds. The third kappa shape index (κ3) is 3.37. The van der Waals surface area contributed by atoms with E-state index in [1.54, 1.807) is 0 Å². The molecule has 0 heterocycles. The zero-order chi connectivity index (χ0) is 12.0. The van der Waals surface area contributed by atoms with Gasteiger partial charge in [0.05, 0.1) is 0 Å². The standard InChI is InChI=1S/C16H22/c1-5-8-14-11-15(9-6-2)13-16(4,12-14)10-7-3/h5-7,11-12H,1-3,8-10,13H2,4H3. The van der Waals surface area contributed by atoms with Crippen LogP contribution in [-0.2, 0) is 0 Å². The van der Waals surface area contributed by atoms with E-state index >= 15 is 0 Å². The fraction of sp³-hybridized carbons (Fsp3) is 0.375. The van der Waals surface area contributed by atoms with Gasteiger partial charge in [0.15, 0.2) is 0 Å². The van der Waals surface area contributed by atoms with E-state index in [-0.39, 0.29) is 5.41 Å². The summed E-state index contributed by atoms with van der Waals surface area (Å²) in [5.74, 6) is 0. The van der Waals surface area contributed by atoms with Crippen molar-refractivity contribution < 1.29 is 0 Å².